The van der Waals surface area contributed by atoms with Crippen LogP contribution in [0, 0.1) is 58.6 Å². The number of rotatable bonds is 10. The van der Waals surface area contributed by atoms with E-state index in [-0.39, 0.29) is 43.5 Å². The smallest absolute Gasteiger partial charge is 0.162 e. The zero-order chi connectivity index (χ0) is 41.2. The van der Waals surface area contributed by atoms with E-state index in [1.54, 1.807) is 0 Å². The van der Waals surface area contributed by atoms with Gasteiger partial charge in [-0.15, -0.1) is 69.8 Å². The van der Waals surface area contributed by atoms with Crippen LogP contribution in [0.15, 0.2) is 97.0 Å². The maximum Gasteiger partial charge on any atom is 0.162 e. The second-order valence-electron chi connectivity index (χ2n) is 16.2. The number of aliphatic hydroxyl groups is 1. The van der Waals surface area contributed by atoms with Crippen LogP contribution in [0.3, 0.4) is 0 Å². The molecule has 0 unspecified atom stereocenters. The van der Waals surface area contributed by atoms with Gasteiger partial charge >= 0.3 is 0 Å². The van der Waals surface area contributed by atoms with E-state index in [0.29, 0.717) is 0 Å². The number of carbonyl (C=O) groups excluding carboxylic acids is 1. The molecule has 303 valence electrons. The molecular weight excluding hydrogens is 893 g/mol. The summed E-state index contributed by atoms with van der Waals surface area (Å²) in [5.74, 6) is 0.547. The SMILES string of the molecule is CCC(CC)C(=O)/C=C(\O)C(CC)CC.Cc1[c-]c(-c2nccc3cc(C)ccc23)cc(C)c1.Cc1[c-]c(-c2nccc3cc([Si](C)(C)C)ccc23)cc(C)c1.[Ir]. The molecular formula is C51H62IrN2O2Si-2. The summed E-state index contributed by atoms with van der Waals surface area (Å²) in [6.07, 6.45) is 8.70. The summed E-state index contributed by atoms with van der Waals surface area (Å²) >= 11 is 0. The molecule has 0 bridgehead atoms. The molecule has 57 heavy (non-hydrogen) atoms. The van der Waals surface area contributed by atoms with Gasteiger partial charge in [-0.2, -0.15) is 0 Å². The molecule has 0 saturated carbocycles. The Balaban J connectivity index is 0.000000232. The molecule has 2 aromatic heterocycles. The standard InChI is InChI=1S/C20H22NSi.C18H16N.C13H24O2.Ir/c1-14-10-15(2)12-17(11-14)20-19-7-6-18(22(3,4)5)13-16(19)8-9-21-20;1-12-4-5-17-15(9-12)6-7-19-18(17)16-10-13(2)8-14(3)11-16;1-5-10(6-2)12(14)9-13(15)11(7-3)8-4;/h6-11,13H,1-5H3;4-10H,1-3H3;9-11,14H,5-8H2,1-4H3;/q2*-1;;/b;;12-9-;. The van der Waals surface area contributed by atoms with Gasteiger partial charge in [0.1, 0.15) is 0 Å². The predicted molar refractivity (Wildman–Crippen MR) is 243 cm³/mol. The third-order valence-electron chi connectivity index (χ3n) is 10.4. The molecule has 4 nitrogen and oxygen atoms in total. The van der Waals surface area contributed by atoms with Crippen LogP contribution in [0.4, 0.5) is 0 Å². The molecule has 0 aliphatic rings. The van der Waals surface area contributed by atoms with Gasteiger partial charge in [-0.05, 0) is 77.7 Å². The molecule has 0 atom stereocenters. The summed E-state index contributed by atoms with van der Waals surface area (Å²) in [4.78, 5) is 20.9. The second-order valence-corrected chi connectivity index (χ2v) is 21.3. The molecule has 6 aromatic rings. The fourth-order valence-corrected chi connectivity index (χ4v) is 8.37. The minimum atomic E-state index is -1.29. The summed E-state index contributed by atoms with van der Waals surface area (Å²) in [7, 11) is -1.29. The number of carbonyl (C=O) groups is 1. The van der Waals surface area contributed by atoms with Gasteiger partial charge in [-0.3, -0.25) is 4.79 Å². The van der Waals surface area contributed by atoms with Gasteiger partial charge < -0.3 is 15.1 Å². The topological polar surface area (TPSA) is 63.1 Å². The van der Waals surface area contributed by atoms with Crippen LogP contribution >= 0.6 is 0 Å². The monoisotopic (exact) mass is 955 g/mol. The summed E-state index contributed by atoms with van der Waals surface area (Å²) in [6, 6.07) is 33.0. The van der Waals surface area contributed by atoms with Gasteiger partial charge in [0.2, 0.25) is 0 Å². The largest absolute Gasteiger partial charge is 0.512 e. The number of ketones is 1. The van der Waals surface area contributed by atoms with E-state index in [0.717, 1.165) is 59.3 Å². The Labute approximate surface area is 357 Å². The molecule has 1 N–H and O–H groups in total. The van der Waals surface area contributed by atoms with Gasteiger partial charge in [0.15, 0.2) is 5.78 Å². The van der Waals surface area contributed by atoms with Crippen molar-refractivity contribution >= 4 is 40.6 Å². The van der Waals surface area contributed by atoms with Crippen molar-refractivity contribution in [2.45, 2.75) is 108 Å². The second kappa shape index (κ2) is 21.5. The van der Waals surface area contributed by atoms with Crippen molar-refractivity contribution in [2.24, 2.45) is 11.8 Å². The van der Waals surface area contributed by atoms with E-state index in [4.69, 9.17) is 0 Å². The zero-order valence-corrected chi connectivity index (χ0v) is 39.6. The van der Waals surface area contributed by atoms with Crippen LogP contribution in [0.5, 0.6) is 0 Å². The van der Waals surface area contributed by atoms with Gasteiger partial charge in [0, 0.05) is 50.4 Å². The van der Waals surface area contributed by atoms with Crippen molar-refractivity contribution in [1.82, 2.24) is 9.97 Å². The Morgan fingerprint density at radius 1 is 0.632 bits per heavy atom. The fourth-order valence-electron chi connectivity index (χ4n) is 7.20. The summed E-state index contributed by atoms with van der Waals surface area (Å²) in [5, 5.41) is 16.2. The van der Waals surface area contributed by atoms with Crippen molar-refractivity contribution < 1.29 is 30.0 Å². The molecule has 0 saturated heterocycles. The zero-order valence-electron chi connectivity index (χ0n) is 36.2. The number of fused-ring (bicyclic) bond motifs is 2. The third kappa shape index (κ3) is 12.9. The molecule has 4 aromatic carbocycles. The Morgan fingerprint density at radius 3 is 1.53 bits per heavy atom. The Morgan fingerprint density at radius 2 is 1.09 bits per heavy atom. The molecule has 0 amide bonds. The minimum absolute atomic E-state index is 0. The Bertz CT molecular complexity index is 2260. The van der Waals surface area contributed by atoms with Crippen molar-refractivity contribution in [3.63, 3.8) is 0 Å². The van der Waals surface area contributed by atoms with Crippen molar-refractivity contribution in [3.8, 4) is 22.5 Å². The van der Waals surface area contributed by atoms with E-state index in [9.17, 15) is 9.90 Å². The molecule has 2 heterocycles. The van der Waals surface area contributed by atoms with E-state index >= 15 is 0 Å². The van der Waals surface area contributed by atoms with Crippen LogP contribution in [-0.4, -0.2) is 28.9 Å². The first-order chi connectivity index (χ1) is 26.6. The van der Waals surface area contributed by atoms with Crippen LogP contribution < -0.4 is 5.19 Å². The third-order valence-corrected chi connectivity index (χ3v) is 12.5. The number of benzene rings is 4. The van der Waals surface area contributed by atoms with E-state index in [1.807, 2.05) is 40.1 Å². The fraction of sp³-hybridized carbons (Fsp3) is 0.353. The molecule has 0 spiro atoms. The van der Waals surface area contributed by atoms with E-state index in [1.165, 1.54) is 49.5 Å². The number of nitrogens with zero attached hydrogens (tertiary/aromatic N) is 2. The van der Waals surface area contributed by atoms with Crippen LogP contribution in [0.2, 0.25) is 19.6 Å². The maximum absolute atomic E-state index is 11.7. The first-order valence-corrected chi connectivity index (χ1v) is 23.8. The first-order valence-electron chi connectivity index (χ1n) is 20.3. The molecule has 0 fully saturated rings. The molecule has 6 rings (SSSR count). The number of aliphatic hydroxyl groups excluding tert-OH is 1. The van der Waals surface area contributed by atoms with Gasteiger partial charge in [0.25, 0.3) is 0 Å². The summed E-state index contributed by atoms with van der Waals surface area (Å²) in [6.45, 7) is 25.7. The molecule has 1 radical (unpaired) electrons. The molecule has 0 aliphatic heterocycles. The Hall–Kier alpha value is -4.22. The minimum Gasteiger partial charge on any atom is -0.512 e. The quantitative estimate of drug-likeness (QED) is 0.0643. The summed E-state index contributed by atoms with van der Waals surface area (Å²) in [5.41, 5.74) is 10.3. The average Bonchev–Trinajstić information content (AvgIpc) is 3.14. The maximum atomic E-state index is 11.7. The number of allylic oxidation sites excluding steroid dienone is 2. The van der Waals surface area contributed by atoms with Crippen LogP contribution in [0.25, 0.3) is 44.1 Å². The number of hydrogen-bond acceptors (Lipinski definition) is 4. The molecule has 6 heteroatoms. The van der Waals surface area contributed by atoms with Gasteiger partial charge in [-0.25, -0.2) is 0 Å². The van der Waals surface area contributed by atoms with Crippen LogP contribution in [-0.2, 0) is 24.9 Å². The molecule has 0 aliphatic carbocycles. The summed E-state index contributed by atoms with van der Waals surface area (Å²) < 4.78 is 0. The van der Waals surface area contributed by atoms with Crippen molar-refractivity contribution in [3.05, 3.63) is 137 Å². The average molecular weight is 955 g/mol. The number of aryl methyl sites for hydroxylation is 5. The van der Waals surface area contributed by atoms with Crippen molar-refractivity contribution in [1.29, 1.82) is 0 Å². The normalized spacial score (nSPS) is 11.5. The van der Waals surface area contributed by atoms with Crippen LogP contribution in [0.1, 0.15) is 81.2 Å². The predicted octanol–water partition coefficient (Wildman–Crippen LogP) is 13.4. The van der Waals surface area contributed by atoms with Gasteiger partial charge in [-0.1, -0.05) is 122 Å². The van der Waals surface area contributed by atoms with E-state index in [2.05, 4.69) is 149 Å². The van der Waals surface area contributed by atoms with Crippen molar-refractivity contribution in [2.75, 3.05) is 0 Å². The van der Waals surface area contributed by atoms with Gasteiger partial charge in [0.05, 0.1) is 13.8 Å². The number of hydrogen-bond donors (Lipinski definition) is 1. The number of aromatic nitrogens is 2. The Kier molecular flexibility index (Phi) is 17.8. The van der Waals surface area contributed by atoms with E-state index < -0.39 is 8.07 Å². The first kappa shape index (κ1) is 47.2. The number of pyridine rings is 2.